The predicted octanol–water partition coefficient (Wildman–Crippen LogP) is -1.55. The number of carboxylic acid groups (broad SMARTS) is 1. The van der Waals surface area contributed by atoms with Crippen molar-refractivity contribution in [1.29, 1.82) is 0 Å². The van der Waals surface area contributed by atoms with Gasteiger partial charge in [-0.15, -0.1) is 0 Å². The number of rotatable bonds is 12. The minimum atomic E-state index is -1.22. The Kier molecular flexibility index (Phi) is 10.9. The second-order valence-corrected chi connectivity index (χ2v) is 7.65. The molecule has 8 N–H and O–H groups in total. The lowest BCUT2D eigenvalue weighted by atomic mass is 10.0. The first-order valence-corrected chi connectivity index (χ1v) is 9.45. The minimum absolute atomic E-state index is 0.122. The van der Waals surface area contributed by atoms with E-state index < -0.39 is 59.7 Å². The van der Waals surface area contributed by atoms with Crippen molar-refractivity contribution >= 4 is 29.6 Å². The van der Waals surface area contributed by atoms with E-state index in [1.165, 1.54) is 6.92 Å². The molecular formula is C18H33N5O6. The molecule has 11 nitrogen and oxygen atoms in total. The highest BCUT2D eigenvalue weighted by atomic mass is 16.4. The second-order valence-electron chi connectivity index (χ2n) is 7.65. The molecule has 11 heteroatoms. The average molecular weight is 415 g/mol. The van der Waals surface area contributed by atoms with Crippen LogP contribution in [-0.4, -0.2) is 58.9 Å². The highest BCUT2D eigenvalue weighted by Crippen LogP contribution is 2.07. The summed E-state index contributed by atoms with van der Waals surface area (Å²) in [5.41, 5.74) is 10.6. The van der Waals surface area contributed by atoms with E-state index in [4.69, 9.17) is 11.5 Å². The van der Waals surface area contributed by atoms with Crippen molar-refractivity contribution in [1.82, 2.24) is 16.0 Å². The molecule has 0 saturated heterocycles. The van der Waals surface area contributed by atoms with E-state index in [2.05, 4.69) is 16.0 Å². The van der Waals surface area contributed by atoms with Gasteiger partial charge in [-0.1, -0.05) is 27.7 Å². The minimum Gasteiger partial charge on any atom is -0.480 e. The summed E-state index contributed by atoms with van der Waals surface area (Å²) in [4.78, 5) is 59.6. The molecule has 0 aliphatic carbocycles. The molecule has 0 aliphatic rings. The number of aliphatic carboxylic acids is 1. The summed E-state index contributed by atoms with van der Waals surface area (Å²) in [5.74, 6) is -4.59. The highest BCUT2D eigenvalue weighted by molar-refractivity contribution is 5.94. The fourth-order valence-corrected chi connectivity index (χ4v) is 2.40. The summed E-state index contributed by atoms with van der Waals surface area (Å²) in [6.07, 6.45) is -0.320. The number of carboxylic acids is 1. The van der Waals surface area contributed by atoms with E-state index in [9.17, 15) is 29.1 Å². The van der Waals surface area contributed by atoms with Gasteiger partial charge < -0.3 is 32.5 Å². The summed E-state index contributed by atoms with van der Waals surface area (Å²) in [6.45, 7) is 8.10. The zero-order valence-electron chi connectivity index (χ0n) is 17.5. The molecule has 0 saturated carbocycles. The van der Waals surface area contributed by atoms with Crippen LogP contribution in [-0.2, 0) is 24.0 Å². The van der Waals surface area contributed by atoms with Crippen LogP contribution in [0.4, 0.5) is 0 Å². The fourth-order valence-electron chi connectivity index (χ4n) is 2.40. The van der Waals surface area contributed by atoms with E-state index in [-0.39, 0.29) is 18.8 Å². The SMILES string of the molecule is CC(N)C(=O)NC(C(=O)NC(CCC(N)=O)C(=O)NC(C(=O)O)C(C)C)C(C)C. The van der Waals surface area contributed by atoms with E-state index in [1.807, 2.05) is 0 Å². The second kappa shape index (κ2) is 12.0. The topological polar surface area (TPSA) is 194 Å². The van der Waals surface area contributed by atoms with Crippen molar-refractivity contribution in [2.75, 3.05) is 0 Å². The summed E-state index contributed by atoms with van der Waals surface area (Å²) in [6, 6.07) is -4.18. The number of amides is 4. The monoisotopic (exact) mass is 415 g/mol. The van der Waals surface area contributed by atoms with E-state index in [0.29, 0.717) is 0 Å². The van der Waals surface area contributed by atoms with Gasteiger partial charge in [0, 0.05) is 6.42 Å². The Labute approximate surface area is 170 Å². The van der Waals surface area contributed by atoms with E-state index >= 15 is 0 Å². The van der Waals surface area contributed by atoms with Gasteiger partial charge in [0.2, 0.25) is 23.6 Å². The maximum absolute atomic E-state index is 12.7. The quantitative estimate of drug-likeness (QED) is 0.222. The Bertz CT molecular complexity index is 620. The van der Waals surface area contributed by atoms with Crippen molar-refractivity contribution in [3.63, 3.8) is 0 Å². The van der Waals surface area contributed by atoms with Crippen molar-refractivity contribution in [2.45, 2.75) is 71.6 Å². The maximum Gasteiger partial charge on any atom is 0.326 e. The Morgan fingerprint density at radius 2 is 1.28 bits per heavy atom. The van der Waals surface area contributed by atoms with Gasteiger partial charge in [-0.25, -0.2) is 4.79 Å². The first-order valence-electron chi connectivity index (χ1n) is 9.45. The summed E-state index contributed by atoms with van der Waals surface area (Å²) < 4.78 is 0. The molecule has 0 aromatic heterocycles. The lowest BCUT2D eigenvalue weighted by Gasteiger charge is -2.27. The number of nitrogens with one attached hydrogen (secondary N) is 3. The maximum atomic E-state index is 12.7. The van der Waals surface area contributed by atoms with Crippen LogP contribution in [0.15, 0.2) is 0 Å². The van der Waals surface area contributed by atoms with Crippen LogP contribution in [0.25, 0.3) is 0 Å². The van der Waals surface area contributed by atoms with E-state index in [1.54, 1.807) is 27.7 Å². The summed E-state index contributed by atoms with van der Waals surface area (Å²) in [5, 5.41) is 16.6. The molecular weight excluding hydrogens is 382 g/mol. The van der Waals surface area contributed by atoms with Crippen LogP contribution in [0.2, 0.25) is 0 Å². The molecule has 4 amide bonds. The van der Waals surface area contributed by atoms with Gasteiger partial charge in [0.15, 0.2) is 0 Å². The van der Waals surface area contributed by atoms with Crippen molar-refractivity contribution in [3.8, 4) is 0 Å². The standard InChI is InChI=1S/C18H33N5O6/c1-8(2)13(22-15(25)10(5)19)17(27)21-11(6-7-12(20)24)16(26)23-14(9(3)4)18(28)29/h8-11,13-14H,6-7,19H2,1-5H3,(H2,20,24)(H,21,27)(H,22,25)(H,23,26)(H,28,29). The largest absolute Gasteiger partial charge is 0.480 e. The molecule has 0 aromatic carbocycles. The smallest absolute Gasteiger partial charge is 0.326 e. The molecule has 0 rings (SSSR count). The Morgan fingerprint density at radius 3 is 1.66 bits per heavy atom. The first kappa shape index (κ1) is 26.3. The highest BCUT2D eigenvalue weighted by Gasteiger charge is 2.32. The molecule has 0 bridgehead atoms. The average Bonchev–Trinajstić information content (AvgIpc) is 2.58. The number of primary amides is 1. The third-order valence-corrected chi connectivity index (χ3v) is 4.20. The number of hydrogen-bond acceptors (Lipinski definition) is 6. The third kappa shape index (κ3) is 9.37. The first-order chi connectivity index (χ1) is 13.3. The molecule has 29 heavy (non-hydrogen) atoms. The van der Waals surface area contributed by atoms with Gasteiger partial charge in [-0.3, -0.25) is 19.2 Å². The third-order valence-electron chi connectivity index (χ3n) is 4.20. The molecule has 0 spiro atoms. The van der Waals surface area contributed by atoms with Crippen LogP contribution < -0.4 is 27.4 Å². The molecule has 0 fully saturated rings. The molecule has 4 atom stereocenters. The van der Waals surface area contributed by atoms with Crippen LogP contribution >= 0.6 is 0 Å². The zero-order chi connectivity index (χ0) is 22.9. The van der Waals surface area contributed by atoms with Crippen molar-refractivity contribution < 1.29 is 29.1 Å². The Hall–Kier alpha value is -2.69. The van der Waals surface area contributed by atoms with Gasteiger partial charge in [0.05, 0.1) is 6.04 Å². The van der Waals surface area contributed by atoms with Gasteiger partial charge in [0.1, 0.15) is 18.1 Å². The Morgan fingerprint density at radius 1 is 0.793 bits per heavy atom. The lowest BCUT2D eigenvalue weighted by Crippen LogP contribution is -2.58. The van der Waals surface area contributed by atoms with Crippen molar-refractivity contribution in [2.24, 2.45) is 23.3 Å². The van der Waals surface area contributed by atoms with Crippen molar-refractivity contribution in [3.05, 3.63) is 0 Å². The summed E-state index contributed by atoms with van der Waals surface area (Å²) in [7, 11) is 0. The molecule has 0 aliphatic heterocycles. The van der Waals surface area contributed by atoms with E-state index in [0.717, 1.165) is 0 Å². The lowest BCUT2D eigenvalue weighted by molar-refractivity contribution is -0.143. The number of carbonyl (C=O) groups excluding carboxylic acids is 4. The van der Waals surface area contributed by atoms with Crippen LogP contribution in [0.3, 0.4) is 0 Å². The molecule has 4 unspecified atom stereocenters. The molecule has 0 aromatic rings. The molecule has 0 heterocycles. The number of nitrogens with two attached hydrogens (primary N) is 2. The Balaban J connectivity index is 5.44. The normalized spacial score (nSPS) is 15.2. The number of carbonyl (C=O) groups is 5. The van der Waals surface area contributed by atoms with Gasteiger partial charge in [-0.2, -0.15) is 0 Å². The summed E-state index contributed by atoms with van der Waals surface area (Å²) >= 11 is 0. The predicted molar refractivity (Wildman–Crippen MR) is 105 cm³/mol. The van der Waals surface area contributed by atoms with Crippen LogP contribution in [0.5, 0.6) is 0 Å². The molecule has 166 valence electrons. The molecule has 0 radical (unpaired) electrons. The van der Waals surface area contributed by atoms with Crippen LogP contribution in [0, 0.1) is 11.8 Å². The number of hydrogen-bond donors (Lipinski definition) is 6. The van der Waals surface area contributed by atoms with Gasteiger partial charge >= 0.3 is 5.97 Å². The zero-order valence-corrected chi connectivity index (χ0v) is 17.5. The van der Waals surface area contributed by atoms with Gasteiger partial charge in [0.25, 0.3) is 0 Å². The van der Waals surface area contributed by atoms with Gasteiger partial charge in [-0.05, 0) is 25.2 Å². The van der Waals surface area contributed by atoms with Crippen LogP contribution in [0.1, 0.15) is 47.5 Å². The fraction of sp³-hybridized carbons (Fsp3) is 0.722.